The highest BCUT2D eigenvalue weighted by Gasteiger charge is 2.38. The van der Waals surface area contributed by atoms with E-state index in [1.54, 1.807) is 25.7 Å². The molecule has 0 aromatic heterocycles. The number of ether oxygens (including phenoxy) is 2. The Morgan fingerprint density at radius 1 is 0.977 bits per heavy atom. The largest absolute Gasteiger partial charge is 0.449 e. The van der Waals surface area contributed by atoms with Crippen molar-refractivity contribution in [1.82, 2.24) is 20.4 Å². The predicted molar refractivity (Wildman–Crippen MR) is 168 cm³/mol. The Morgan fingerprint density at radius 2 is 1.59 bits per heavy atom. The van der Waals surface area contributed by atoms with Gasteiger partial charge in [0.1, 0.15) is 24.3 Å². The van der Waals surface area contributed by atoms with Gasteiger partial charge in [0.25, 0.3) is 0 Å². The minimum atomic E-state index is -0.784. The zero-order chi connectivity index (χ0) is 31.9. The summed E-state index contributed by atoms with van der Waals surface area (Å²) in [5.41, 5.74) is 3.93. The lowest BCUT2D eigenvalue weighted by molar-refractivity contribution is -0.137. The van der Waals surface area contributed by atoms with Gasteiger partial charge in [-0.15, -0.1) is 0 Å². The maximum atomic E-state index is 13.3. The van der Waals surface area contributed by atoms with Crippen LogP contribution in [0.25, 0.3) is 11.1 Å². The lowest BCUT2D eigenvalue weighted by Crippen LogP contribution is -2.54. The second kappa shape index (κ2) is 14.6. The summed E-state index contributed by atoms with van der Waals surface area (Å²) in [6.07, 6.45) is 0.888. The zero-order valence-corrected chi connectivity index (χ0v) is 26.6. The lowest BCUT2D eigenvalue weighted by atomic mass is 9.98. The van der Waals surface area contributed by atoms with Crippen molar-refractivity contribution in [1.29, 1.82) is 0 Å². The number of carbonyl (C=O) groups is 4. The molecule has 0 spiro atoms. The normalized spacial score (nSPS) is 16.5. The standard InChI is InChI=1S/C34H46N4O6/c1-6-37(7-2)31(40)28(36-30(39)29-19-13-21-38(29)33(42)44-34(3,4)5)18-12-20-35-32(41)43-22-27-25-16-10-8-14-23(25)24-15-9-11-17-26(24)27/h8-11,14-17,27-29H,6-7,12-13,18-22H2,1-5H3,(H,35,41)(H,36,39)/t28-,29-/m0/s1. The summed E-state index contributed by atoms with van der Waals surface area (Å²) in [7, 11) is 0. The number of benzene rings is 2. The highest BCUT2D eigenvalue weighted by molar-refractivity contribution is 5.91. The number of hydrogen-bond acceptors (Lipinski definition) is 6. The predicted octanol–water partition coefficient (Wildman–Crippen LogP) is 5.06. The van der Waals surface area contributed by atoms with E-state index in [-0.39, 0.29) is 30.9 Å². The van der Waals surface area contributed by atoms with Crippen molar-refractivity contribution >= 4 is 24.0 Å². The van der Waals surface area contributed by atoms with Crippen molar-refractivity contribution in [2.24, 2.45) is 0 Å². The smallest absolute Gasteiger partial charge is 0.410 e. The SMILES string of the molecule is CCN(CC)C(=O)[C@H](CCCNC(=O)OCC1c2ccccc2-c2ccccc21)NC(=O)[C@@H]1CCCN1C(=O)OC(C)(C)C. The van der Waals surface area contributed by atoms with Crippen molar-refractivity contribution in [3.63, 3.8) is 0 Å². The summed E-state index contributed by atoms with van der Waals surface area (Å²) in [4.78, 5) is 55.1. The monoisotopic (exact) mass is 606 g/mol. The van der Waals surface area contributed by atoms with Gasteiger partial charge in [-0.25, -0.2) is 9.59 Å². The van der Waals surface area contributed by atoms with E-state index >= 15 is 0 Å². The minimum Gasteiger partial charge on any atom is -0.449 e. The third-order valence-electron chi connectivity index (χ3n) is 8.16. The van der Waals surface area contributed by atoms with Crippen molar-refractivity contribution in [2.45, 2.75) is 83.9 Å². The number of hydrogen-bond donors (Lipinski definition) is 2. The van der Waals surface area contributed by atoms with E-state index in [2.05, 4.69) is 34.9 Å². The highest BCUT2D eigenvalue weighted by Crippen LogP contribution is 2.44. The van der Waals surface area contributed by atoms with Crippen LogP contribution in [0.1, 0.15) is 77.3 Å². The van der Waals surface area contributed by atoms with Crippen molar-refractivity contribution in [3.8, 4) is 11.1 Å². The van der Waals surface area contributed by atoms with Crippen LogP contribution in [-0.4, -0.2) is 84.3 Å². The third kappa shape index (κ3) is 7.89. The molecule has 0 unspecified atom stereocenters. The summed E-state index contributed by atoms with van der Waals surface area (Å²) in [5.74, 6) is -0.593. The molecule has 10 nitrogen and oxygen atoms in total. The number of nitrogens with zero attached hydrogens (tertiary/aromatic N) is 2. The number of likely N-dealkylation sites (N-methyl/N-ethyl adjacent to an activating group) is 1. The molecule has 0 radical (unpaired) electrons. The Morgan fingerprint density at radius 3 is 2.18 bits per heavy atom. The van der Waals surface area contributed by atoms with E-state index in [0.29, 0.717) is 45.3 Å². The molecule has 2 aromatic rings. The van der Waals surface area contributed by atoms with Gasteiger partial charge in [-0.05, 0) is 82.6 Å². The number of alkyl carbamates (subject to hydrolysis) is 1. The number of likely N-dealkylation sites (tertiary alicyclic amines) is 1. The van der Waals surface area contributed by atoms with Crippen LogP contribution in [0.15, 0.2) is 48.5 Å². The van der Waals surface area contributed by atoms with Gasteiger partial charge in [0.2, 0.25) is 11.8 Å². The van der Waals surface area contributed by atoms with E-state index in [9.17, 15) is 19.2 Å². The first-order chi connectivity index (χ1) is 21.0. The fourth-order valence-corrected chi connectivity index (χ4v) is 6.01. The van der Waals surface area contributed by atoms with Crippen LogP contribution < -0.4 is 10.6 Å². The fraction of sp³-hybridized carbons (Fsp3) is 0.529. The molecule has 1 heterocycles. The van der Waals surface area contributed by atoms with Gasteiger partial charge in [-0.2, -0.15) is 0 Å². The third-order valence-corrected chi connectivity index (χ3v) is 8.16. The van der Waals surface area contributed by atoms with Crippen LogP contribution in [-0.2, 0) is 19.1 Å². The van der Waals surface area contributed by atoms with Crippen molar-refractivity contribution in [3.05, 3.63) is 59.7 Å². The molecule has 2 aliphatic rings. The van der Waals surface area contributed by atoms with Crippen LogP contribution in [0.4, 0.5) is 9.59 Å². The quantitative estimate of drug-likeness (QED) is 0.346. The van der Waals surface area contributed by atoms with Crippen LogP contribution in [0.2, 0.25) is 0 Å². The minimum absolute atomic E-state index is 0.0322. The molecule has 1 aliphatic carbocycles. The maximum Gasteiger partial charge on any atom is 0.410 e. The summed E-state index contributed by atoms with van der Waals surface area (Å²) >= 11 is 0. The van der Waals surface area contributed by atoms with Gasteiger partial charge in [0.15, 0.2) is 0 Å². The molecule has 238 valence electrons. The van der Waals surface area contributed by atoms with Crippen LogP contribution in [0.5, 0.6) is 0 Å². The molecule has 1 saturated heterocycles. The average molecular weight is 607 g/mol. The molecular weight excluding hydrogens is 560 g/mol. The Hall–Kier alpha value is -4.08. The second-order valence-corrected chi connectivity index (χ2v) is 12.3. The van der Waals surface area contributed by atoms with Crippen LogP contribution >= 0.6 is 0 Å². The molecule has 1 aliphatic heterocycles. The van der Waals surface area contributed by atoms with E-state index in [1.807, 2.05) is 38.1 Å². The van der Waals surface area contributed by atoms with Gasteiger partial charge in [0, 0.05) is 32.1 Å². The number of fused-ring (bicyclic) bond motifs is 3. The van der Waals surface area contributed by atoms with E-state index in [1.165, 1.54) is 4.90 Å². The molecule has 1 fully saturated rings. The van der Waals surface area contributed by atoms with Gasteiger partial charge < -0.3 is 25.0 Å². The number of rotatable bonds is 11. The summed E-state index contributed by atoms with van der Waals surface area (Å²) < 4.78 is 11.1. The van der Waals surface area contributed by atoms with E-state index < -0.39 is 29.9 Å². The molecule has 0 bridgehead atoms. The van der Waals surface area contributed by atoms with Gasteiger partial charge in [0.05, 0.1) is 0 Å². The topological polar surface area (TPSA) is 117 Å². The van der Waals surface area contributed by atoms with E-state index in [0.717, 1.165) is 22.3 Å². The van der Waals surface area contributed by atoms with Crippen molar-refractivity contribution in [2.75, 3.05) is 32.8 Å². The van der Waals surface area contributed by atoms with E-state index in [4.69, 9.17) is 9.47 Å². The highest BCUT2D eigenvalue weighted by atomic mass is 16.6. The number of amides is 4. The Labute approximate surface area is 260 Å². The molecule has 2 atom stereocenters. The Kier molecular flexibility index (Phi) is 10.9. The maximum absolute atomic E-state index is 13.3. The zero-order valence-electron chi connectivity index (χ0n) is 26.6. The summed E-state index contributed by atoms with van der Waals surface area (Å²) in [6.45, 7) is 11.1. The van der Waals surface area contributed by atoms with Gasteiger partial charge >= 0.3 is 12.2 Å². The summed E-state index contributed by atoms with van der Waals surface area (Å²) in [6, 6.07) is 14.8. The molecule has 4 amide bonds. The first-order valence-corrected chi connectivity index (χ1v) is 15.7. The first-order valence-electron chi connectivity index (χ1n) is 15.7. The Bertz CT molecular complexity index is 1290. The molecule has 10 heteroatoms. The molecule has 2 aromatic carbocycles. The molecular formula is C34H46N4O6. The average Bonchev–Trinajstić information content (AvgIpc) is 3.61. The molecule has 0 saturated carbocycles. The molecule has 2 N–H and O–H groups in total. The van der Waals surface area contributed by atoms with Crippen molar-refractivity contribution < 1.29 is 28.7 Å². The number of carbonyl (C=O) groups excluding carboxylic acids is 4. The summed E-state index contributed by atoms with van der Waals surface area (Å²) in [5, 5.41) is 5.69. The number of nitrogens with one attached hydrogen (secondary N) is 2. The Balaban J connectivity index is 1.31. The van der Waals surface area contributed by atoms with Gasteiger partial charge in [-0.3, -0.25) is 14.5 Å². The lowest BCUT2D eigenvalue weighted by Gasteiger charge is -2.30. The van der Waals surface area contributed by atoms with Crippen LogP contribution in [0.3, 0.4) is 0 Å². The fourth-order valence-electron chi connectivity index (χ4n) is 6.01. The van der Waals surface area contributed by atoms with Gasteiger partial charge in [-0.1, -0.05) is 48.5 Å². The van der Waals surface area contributed by atoms with Crippen LogP contribution in [0, 0.1) is 0 Å². The first kappa shape index (κ1) is 32.8. The second-order valence-electron chi connectivity index (χ2n) is 12.3. The molecule has 44 heavy (non-hydrogen) atoms. The molecule has 4 rings (SSSR count).